The summed E-state index contributed by atoms with van der Waals surface area (Å²) in [5.74, 6) is -0.319. The Balaban J connectivity index is 1.61. The number of ether oxygens (including phenoxy) is 2. The molecule has 7 nitrogen and oxygen atoms in total. The van der Waals surface area contributed by atoms with Gasteiger partial charge < -0.3 is 19.2 Å². The number of esters is 1. The van der Waals surface area contributed by atoms with Crippen LogP contribution in [0.1, 0.15) is 29.2 Å². The summed E-state index contributed by atoms with van der Waals surface area (Å²) in [5.41, 5.74) is 3.18. The first-order chi connectivity index (χ1) is 15.3. The lowest BCUT2D eigenvalue weighted by Crippen LogP contribution is -2.38. The average Bonchev–Trinajstić information content (AvgIpc) is 2.78. The Kier molecular flexibility index (Phi) is 7.10. The molecule has 1 N–H and O–H groups in total. The van der Waals surface area contributed by atoms with E-state index in [1.54, 1.807) is 25.3 Å². The third-order valence-corrected chi connectivity index (χ3v) is 5.14. The van der Waals surface area contributed by atoms with Crippen LogP contribution in [0.15, 0.2) is 57.8 Å². The highest BCUT2D eigenvalue weighted by Crippen LogP contribution is 2.23. The number of benzene rings is 2. The van der Waals surface area contributed by atoms with Crippen LogP contribution in [0, 0.1) is 13.8 Å². The first-order valence-electron chi connectivity index (χ1n) is 10.1. The first-order valence-corrected chi connectivity index (χ1v) is 10.1. The molecule has 1 atom stereocenters. The van der Waals surface area contributed by atoms with E-state index in [1.807, 2.05) is 38.1 Å². The van der Waals surface area contributed by atoms with Crippen LogP contribution in [-0.4, -0.2) is 25.0 Å². The summed E-state index contributed by atoms with van der Waals surface area (Å²) in [4.78, 5) is 36.4. The summed E-state index contributed by atoms with van der Waals surface area (Å²) in [7, 11) is 1.58. The normalized spacial score (nSPS) is 12.0. The highest BCUT2D eigenvalue weighted by molar-refractivity contribution is 5.94. The third kappa shape index (κ3) is 5.43. The molecule has 0 radical (unpaired) electrons. The highest BCUT2D eigenvalue weighted by atomic mass is 16.5. The monoisotopic (exact) mass is 435 g/mol. The maximum atomic E-state index is 12.4. The molecule has 1 unspecified atom stereocenters. The zero-order valence-corrected chi connectivity index (χ0v) is 18.4. The van der Waals surface area contributed by atoms with Crippen LogP contribution < -0.4 is 15.7 Å². The van der Waals surface area contributed by atoms with Gasteiger partial charge in [-0.3, -0.25) is 4.79 Å². The fourth-order valence-corrected chi connectivity index (χ4v) is 3.13. The molecular weight excluding hydrogens is 410 g/mol. The molecule has 0 aliphatic carbocycles. The molecule has 0 saturated carbocycles. The molecule has 3 rings (SSSR count). The maximum Gasteiger partial charge on any atom is 0.336 e. The molecular formula is C25H25NO6. The number of hydrogen-bond acceptors (Lipinski definition) is 6. The van der Waals surface area contributed by atoms with Crippen molar-refractivity contribution in [3.8, 4) is 5.75 Å². The van der Waals surface area contributed by atoms with Crippen LogP contribution in [-0.2, 0) is 20.9 Å². The molecule has 3 aromatic rings. The van der Waals surface area contributed by atoms with Crippen molar-refractivity contribution in [3.05, 3.63) is 81.2 Å². The number of fused-ring (bicyclic) bond motifs is 1. The van der Waals surface area contributed by atoms with Gasteiger partial charge in [0.05, 0.1) is 7.11 Å². The van der Waals surface area contributed by atoms with Crippen LogP contribution in [0.4, 0.5) is 0 Å². The van der Waals surface area contributed by atoms with Crippen molar-refractivity contribution >= 4 is 28.9 Å². The third-order valence-electron chi connectivity index (χ3n) is 5.14. The van der Waals surface area contributed by atoms with Crippen LogP contribution in [0.3, 0.4) is 0 Å². The van der Waals surface area contributed by atoms with Gasteiger partial charge >= 0.3 is 11.6 Å². The minimum atomic E-state index is -0.863. The van der Waals surface area contributed by atoms with E-state index in [0.717, 1.165) is 22.4 Å². The Morgan fingerprint density at radius 3 is 2.53 bits per heavy atom. The summed E-state index contributed by atoms with van der Waals surface area (Å²) >= 11 is 0. The van der Waals surface area contributed by atoms with E-state index < -0.39 is 23.5 Å². The van der Waals surface area contributed by atoms with Gasteiger partial charge in [0.15, 0.2) is 0 Å². The van der Waals surface area contributed by atoms with Crippen molar-refractivity contribution in [2.24, 2.45) is 0 Å². The standard InChI is InChI=1S/C25H25NO6/c1-15-5-11-21-19(13-23(28)32-24(21)16(15)2)14-31-25(29)17(3)26-22(27)12-8-18-6-9-20(30-4)10-7-18/h5-13,17H,14H2,1-4H3,(H,26,27)/b12-8+. The van der Waals surface area contributed by atoms with Gasteiger partial charge in [0.1, 0.15) is 24.0 Å². The molecule has 0 aliphatic rings. The molecule has 7 heteroatoms. The number of hydrogen-bond donors (Lipinski definition) is 1. The Hall–Kier alpha value is -3.87. The van der Waals surface area contributed by atoms with Gasteiger partial charge in [-0.15, -0.1) is 0 Å². The van der Waals surface area contributed by atoms with E-state index in [4.69, 9.17) is 13.9 Å². The van der Waals surface area contributed by atoms with Crippen LogP contribution >= 0.6 is 0 Å². The number of carbonyl (C=O) groups is 2. The SMILES string of the molecule is COc1ccc(/C=C/C(=O)NC(C)C(=O)OCc2cc(=O)oc3c(C)c(C)ccc23)cc1. The fraction of sp³-hybridized carbons (Fsp3) is 0.240. The quantitative estimate of drug-likeness (QED) is 0.346. The predicted octanol–water partition coefficient (Wildman–Crippen LogP) is 3.68. The predicted molar refractivity (Wildman–Crippen MR) is 121 cm³/mol. The lowest BCUT2D eigenvalue weighted by atomic mass is 10.0. The minimum Gasteiger partial charge on any atom is -0.497 e. The molecule has 0 bridgehead atoms. The lowest BCUT2D eigenvalue weighted by Gasteiger charge is -2.13. The summed E-state index contributed by atoms with van der Waals surface area (Å²) in [5, 5.41) is 3.28. The number of rotatable bonds is 7. The van der Waals surface area contributed by atoms with E-state index in [1.165, 1.54) is 19.1 Å². The van der Waals surface area contributed by atoms with Crippen molar-refractivity contribution in [1.29, 1.82) is 0 Å². The highest BCUT2D eigenvalue weighted by Gasteiger charge is 2.17. The molecule has 1 aromatic heterocycles. The molecule has 0 aliphatic heterocycles. The molecule has 1 heterocycles. The van der Waals surface area contributed by atoms with E-state index in [0.29, 0.717) is 16.5 Å². The van der Waals surface area contributed by atoms with E-state index in [2.05, 4.69) is 5.32 Å². The Bertz CT molecular complexity index is 1220. The molecule has 166 valence electrons. The Morgan fingerprint density at radius 1 is 1.12 bits per heavy atom. The van der Waals surface area contributed by atoms with Crippen molar-refractivity contribution in [3.63, 3.8) is 0 Å². The van der Waals surface area contributed by atoms with Gasteiger partial charge in [-0.2, -0.15) is 0 Å². The Labute approximate surface area is 185 Å². The zero-order valence-electron chi connectivity index (χ0n) is 18.4. The topological polar surface area (TPSA) is 94.8 Å². The largest absolute Gasteiger partial charge is 0.497 e. The minimum absolute atomic E-state index is 0.106. The second-order valence-corrected chi connectivity index (χ2v) is 7.42. The van der Waals surface area contributed by atoms with Crippen molar-refractivity contribution in [1.82, 2.24) is 5.32 Å². The number of nitrogens with one attached hydrogen (secondary N) is 1. The van der Waals surface area contributed by atoms with E-state index in [-0.39, 0.29) is 6.61 Å². The van der Waals surface area contributed by atoms with Crippen LogP contribution in [0.2, 0.25) is 0 Å². The number of aryl methyl sites for hydroxylation is 2. The summed E-state index contributed by atoms with van der Waals surface area (Å²) < 4.78 is 15.8. The molecule has 32 heavy (non-hydrogen) atoms. The number of methoxy groups -OCH3 is 1. The van der Waals surface area contributed by atoms with Crippen LogP contribution in [0.25, 0.3) is 17.0 Å². The second kappa shape index (κ2) is 9.96. The molecule has 0 saturated heterocycles. The van der Waals surface area contributed by atoms with Crippen LogP contribution in [0.5, 0.6) is 5.75 Å². The van der Waals surface area contributed by atoms with E-state index in [9.17, 15) is 14.4 Å². The van der Waals surface area contributed by atoms with Gasteiger partial charge in [-0.1, -0.05) is 24.3 Å². The van der Waals surface area contributed by atoms with E-state index >= 15 is 0 Å². The number of amides is 1. The smallest absolute Gasteiger partial charge is 0.336 e. The summed E-state index contributed by atoms with van der Waals surface area (Å²) in [6.07, 6.45) is 2.97. The fourth-order valence-electron chi connectivity index (χ4n) is 3.13. The van der Waals surface area contributed by atoms with Crippen molar-refractivity contribution in [2.45, 2.75) is 33.4 Å². The molecule has 2 aromatic carbocycles. The maximum absolute atomic E-state index is 12.4. The first kappa shape index (κ1) is 22.8. The molecule has 1 amide bonds. The average molecular weight is 435 g/mol. The number of carbonyl (C=O) groups excluding carboxylic acids is 2. The summed E-state index contributed by atoms with van der Waals surface area (Å²) in [6.45, 7) is 5.22. The molecule has 0 fully saturated rings. The lowest BCUT2D eigenvalue weighted by molar-refractivity contribution is -0.148. The second-order valence-electron chi connectivity index (χ2n) is 7.42. The van der Waals surface area contributed by atoms with Gasteiger partial charge in [0.25, 0.3) is 0 Å². The summed E-state index contributed by atoms with van der Waals surface area (Å²) in [6, 6.07) is 11.4. The van der Waals surface area contributed by atoms with Gasteiger partial charge in [-0.25, -0.2) is 9.59 Å². The van der Waals surface area contributed by atoms with Gasteiger partial charge in [-0.05, 0) is 55.7 Å². The zero-order chi connectivity index (χ0) is 23.3. The van der Waals surface area contributed by atoms with Gasteiger partial charge in [0.2, 0.25) is 5.91 Å². The Morgan fingerprint density at radius 2 is 1.84 bits per heavy atom. The molecule has 0 spiro atoms. The van der Waals surface area contributed by atoms with Gasteiger partial charge in [0, 0.05) is 23.1 Å². The van der Waals surface area contributed by atoms with Crippen molar-refractivity contribution in [2.75, 3.05) is 7.11 Å². The van der Waals surface area contributed by atoms with Crippen molar-refractivity contribution < 1.29 is 23.5 Å².